The molecule has 0 atom stereocenters. The Balaban J connectivity index is 2.54. The Bertz CT molecular complexity index is 563. The van der Waals surface area contributed by atoms with Gasteiger partial charge >= 0.3 is 5.97 Å². The fourth-order valence-electron chi connectivity index (χ4n) is 1.61. The van der Waals surface area contributed by atoms with E-state index in [1.165, 1.54) is 22.9 Å². The van der Waals surface area contributed by atoms with Gasteiger partial charge in [0.1, 0.15) is 5.82 Å². The van der Waals surface area contributed by atoms with Crippen molar-refractivity contribution in [3.63, 3.8) is 0 Å². The lowest BCUT2D eigenvalue weighted by Crippen LogP contribution is -2.03. The van der Waals surface area contributed by atoms with Gasteiger partial charge in [-0.05, 0) is 30.7 Å². The molecule has 1 N–H and O–H groups in total. The quantitative estimate of drug-likeness (QED) is 0.886. The number of hydrogen-bond donors (Lipinski definition) is 1. The van der Waals surface area contributed by atoms with Crippen molar-refractivity contribution in [2.75, 3.05) is 0 Å². The summed E-state index contributed by atoms with van der Waals surface area (Å²) in [5, 5.41) is 12.8. The van der Waals surface area contributed by atoms with Gasteiger partial charge in [0.15, 0.2) is 5.69 Å². The zero-order valence-electron chi connectivity index (χ0n) is 9.22. The summed E-state index contributed by atoms with van der Waals surface area (Å²) in [5.74, 6) is -1.47. The largest absolute Gasteiger partial charge is 0.476 e. The van der Waals surface area contributed by atoms with Crippen LogP contribution in [0.2, 0.25) is 0 Å². The third-order valence-corrected chi connectivity index (χ3v) is 2.42. The second-order valence-electron chi connectivity index (χ2n) is 3.57. The highest BCUT2D eigenvalue weighted by Gasteiger charge is 2.13. The standard InChI is InChI=1S/C12H11FN2O2/c1-2-9-7-11(12(16)17)14-15(9)10-5-3-4-8(13)6-10/h3-7H,2H2,1H3,(H,16,17). The molecule has 1 aromatic carbocycles. The van der Waals surface area contributed by atoms with Crippen LogP contribution in [0.15, 0.2) is 30.3 Å². The number of nitrogens with zero attached hydrogens (tertiary/aromatic N) is 2. The Morgan fingerprint density at radius 3 is 2.82 bits per heavy atom. The normalized spacial score (nSPS) is 10.5. The van der Waals surface area contributed by atoms with Crippen LogP contribution in [0.3, 0.4) is 0 Å². The molecule has 0 amide bonds. The fourth-order valence-corrected chi connectivity index (χ4v) is 1.61. The van der Waals surface area contributed by atoms with E-state index in [2.05, 4.69) is 5.10 Å². The molecule has 2 aromatic rings. The summed E-state index contributed by atoms with van der Waals surface area (Å²) in [6.07, 6.45) is 0.622. The monoisotopic (exact) mass is 234 g/mol. The van der Waals surface area contributed by atoms with Crippen molar-refractivity contribution < 1.29 is 14.3 Å². The van der Waals surface area contributed by atoms with Crippen molar-refractivity contribution >= 4 is 5.97 Å². The van der Waals surface area contributed by atoms with Gasteiger partial charge in [-0.1, -0.05) is 13.0 Å². The number of aromatic nitrogens is 2. The molecule has 0 aliphatic rings. The van der Waals surface area contributed by atoms with E-state index in [4.69, 9.17) is 5.11 Å². The summed E-state index contributed by atoms with van der Waals surface area (Å²) in [4.78, 5) is 10.8. The zero-order valence-corrected chi connectivity index (χ0v) is 9.22. The topological polar surface area (TPSA) is 55.1 Å². The summed E-state index contributed by atoms with van der Waals surface area (Å²) in [6.45, 7) is 1.89. The van der Waals surface area contributed by atoms with Crippen LogP contribution in [0.4, 0.5) is 4.39 Å². The van der Waals surface area contributed by atoms with Crippen LogP contribution in [0.1, 0.15) is 23.1 Å². The predicted octanol–water partition coefficient (Wildman–Crippen LogP) is 2.27. The lowest BCUT2D eigenvalue weighted by Gasteiger charge is -2.05. The van der Waals surface area contributed by atoms with Gasteiger partial charge < -0.3 is 5.11 Å². The molecule has 0 bridgehead atoms. The van der Waals surface area contributed by atoms with Gasteiger partial charge in [-0.3, -0.25) is 0 Å². The molecule has 4 nitrogen and oxygen atoms in total. The third-order valence-electron chi connectivity index (χ3n) is 2.42. The molecule has 0 fully saturated rings. The first-order valence-corrected chi connectivity index (χ1v) is 5.20. The van der Waals surface area contributed by atoms with Gasteiger partial charge in [-0.25, -0.2) is 13.9 Å². The number of carbonyl (C=O) groups is 1. The van der Waals surface area contributed by atoms with E-state index in [-0.39, 0.29) is 11.5 Å². The maximum atomic E-state index is 13.1. The maximum Gasteiger partial charge on any atom is 0.356 e. The van der Waals surface area contributed by atoms with E-state index < -0.39 is 5.97 Å². The minimum absolute atomic E-state index is 0.0360. The van der Waals surface area contributed by atoms with Crippen molar-refractivity contribution in [1.82, 2.24) is 9.78 Å². The lowest BCUT2D eigenvalue weighted by molar-refractivity contribution is 0.0690. The van der Waals surface area contributed by atoms with Gasteiger partial charge in [-0.2, -0.15) is 5.10 Å². The molecule has 2 rings (SSSR count). The van der Waals surface area contributed by atoms with Crippen molar-refractivity contribution in [3.8, 4) is 5.69 Å². The van der Waals surface area contributed by atoms with Gasteiger partial charge in [-0.15, -0.1) is 0 Å². The molecule has 0 unspecified atom stereocenters. The number of aromatic carboxylic acids is 1. The number of aryl methyl sites for hydroxylation is 1. The highest BCUT2D eigenvalue weighted by atomic mass is 19.1. The van der Waals surface area contributed by atoms with E-state index in [0.29, 0.717) is 12.1 Å². The molecular formula is C12H11FN2O2. The predicted molar refractivity (Wildman–Crippen MR) is 59.9 cm³/mol. The molecule has 88 valence electrons. The smallest absolute Gasteiger partial charge is 0.356 e. The minimum Gasteiger partial charge on any atom is -0.476 e. The van der Waals surface area contributed by atoms with E-state index in [0.717, 1.165) is 5.69 Å². The summed E-state index contributed by atoms with van der Waals surface area (Å²) < 4.78 is 14.5. The Kier molecular flexibility index (Phi) is 2.91. The van der Waals surface area contributed by atoms with Crippen LogP contribution in [-0.2, 0) is 6.42 Å². The Morgan fingerprint density at radius 1 is 1.47 bits per heavy atom. The van der Waals surface area contributed by atoms with E-state index in [1.807, 2.05) is 6.92 Å². The summed E-state index contributed by atoms with van der Waals surface area (Å²) in [7, 11) is 0. The number of carboxylic acids is 1. The van der Waals surface area contributed by atoms with Gasteiger partial charge in [0, 0.05) is 5.69 Å². The van der Waals surface area contributed by atoms with Crippen LogP contribution in [0, 0.1) is 5.82 Å². The highest BCUT2D eigenvalue weighted by molar-refractivity contribution is 5.85. The molecule has 0 spiro atoms. The Labute approximate surface area is 97.3 Å². The Hall–Kier alpha value is -2.17. The van der Waals surface area contributed by atoms with E-state index >= 15 is 0 Å². The first-order valence-electron chi connectivity index (χ1n) is 5.20. The molecule has 0 radical (unpaired) electrons. The van der Waals surface area contributed by atoms with Crippen LogP contribution in [0.25, 0.3) is 5.69 Å². The minimum atomic E-state index is -1.09. The number of carboxylic acid groups (broad SMARTS) is 1. The summed E-state index contributed by atoms with van der Waals surface area (Å²) in [6, 6.07) is 7.38. The van der Waals surface area contributed by atoms with E-state index in [1.54, 1.807) is 12.1 Å². The van der Waals surface area contributed by atoms with Crippen LogP contribution < -0.4 is 0 Å². The Morgan fingerprint density at radius 2 is 2.24 bits per heavy atom. The lowest BCUT2D eigenvalue weighted by atomic mass is 10.2. The molecule has 5 heteroatoms. The third kappa shape index (κ3) is 2.18. The van der Waals surface area contributed by atoms with E-state index in [9.17, 15) is 9.18 Å². The molecule has 0 saturated heterocycles. The van der Waals surface area contributed by atoms with Crippen LogP contribution in [0.5, 0.6) is 0 Å². The van der Waals surface area contributed by atoms with Crippen molar-refractivity contribution in [3.05, 3.63) is 47.5 Å². The second kappa shape index (κ2) is 4.37. The zero-order chi connectivity index (χ0) is 12.4. The van der Waals surface area contributed by atoms with Gasteiger partial charge in [0.25, 0.3) is 0 Å². The molecule has 1 heterocycles. The average molecular weight is 234 g/mol. The summed E-state index contributed by atoms with van der Waals surface area (Å²) >= 11 is 0. The molecule has 0 aliphatic heterocycles. The van der Waals surface area contributed by atoms with Crippen molar-refractivity contribution in [1.29, 1.82) is 0 Å². The molecule has 0 aliphatic carbocycles. The highest BCUT2D eigenvalue weighted by Crippen LogP contribution is 2.14. The fraction of sp³-hybridized carbons (Fsp3) is 0.167. The number of halogens is 1. The van der Waals surface area contributed by atoms with Crippen LogP contribution >= 0.6 is 0 Å². The average Bonchev–Trinajstić information content (AvgIpc) is 2.73. The molecule has 0 saturated carbocycles. The first-order chi connectivity index (χ1) is 8.11. The SMILES string of the molecule is CCc1cc(C(=O)O)nn1-c1cccc(F)c1. The summed E-state index contributed by atoms with van der Waals surface area (Å²) in [5.41, 5.74) is 1.22. The van der Waals surface area contributed by atoms with Gasteiger partial charge in [0.05, 0.1) is 5.69 Å². The van der Waals surface area contributed by atoms with Crippen LogP contribution in [-0.4, -0.2) is 20.9 Å². The molecule has 17 heavy (non-hydrogen) atoms. The van der Waals surface area contributed by atoms with Gasteiger partial charge in [0.2, 0.25) is 0 Å². The number of rotatable bonds is 3. The maximum absolute atomic E-state index is 13.1. The number of hydrogen-bond acceptors (Lipinski definition) is 2. The van der Waals surface area contributed by atoms with Crippen molar-refractivity contribution in [2.45, 2.75) is 13.3 Å². The number of benzene rings is 1. The second-order valence-corrected chi connectivity index (χ2v) is 3.57. The van der Waals surface area contributed by atoms with Crippen molar-refractivity contribution in [2.24, 2.45) is 0 Å². The molecular weight excluding hydrogens is 223 g/mol. The molecule has 1 aromatic heterocycles. The first kappa shape index (κ1) is 11.3.